The van der Waals surface area contributed by atoms with Gasteiger partial charge in [-0.3, -0.25) is 14.6 Å². The Kier molecular flexibility index (Phi) is 4.71. The number of carbonyl (C=O) groups excluding carboxylic acids is 2. The molecule has 4 aromatic rings. The molecule has 1 saturated carbocycles. The summed E-state index contributed by atoms with van der Waals surface area (Å²) in [5.41, 5.74) is 5.71. The van der Waals surface area contributed by atoms with Gasteiger partial charge in [0.2, 0.25) is 11.8 Å². The lowest BCUT2D eigenvalue weighted by Crippen LogP contribution is -2.36. The van der Waals surface area contributed by atoms with Gasteiger partial charge in [-0.05, 0) is 49.9 Å². The van der Waals surface area contributed by atoms with Crippen LogP contribution in [-0.4, -0.2) is 39.8 Å². The van der Waals surface area contributed by atoms with Crippen LogP contribution in [0.1, 0.15) is 44.2 Å². The summed E-state index contributed by atoms with van der Waals surface area (Å²) >= 11 is 0. The van der Waals surface area contributed by atoms with Gasteiger partial charge in [-0.25, -0.2) is 0 Å². The van der Waals surface area contributed by atoms with Crippen LogP contribution < -0.4 is 5.32 Å². The van der Waals surface area contributed by atoms with Gasteiger partial charge in [0.15, 0.2) is 0 Å². The molecule has 1 aliphatic carbocycles. The fourth-order valence-corrected chi connectivity index (χ4v) is 5.01. The molecule has 2 aliphatic rings. The molecule has 33 heavy (non-hydrogen) atoms. The number of amides is 2. The molecule has 7 heteroatoms. The first-order chi connectivity index (χ1) is 16.1. The van der Waals surface area contributed by atoms with Gasteiger partial charge in [-0.2, -0.15) is 0 Å². The van der Waals surface area contributed by atoms with E-state index in [1.165, 1.54) is 0 Å². The molecule has 0 spiro atoms. The third kappa shape index (κ3) is 3.57. The molecular weight excluding hydrogens is 416 g/mol. The Balaban J connectivity index is 1.46. The Labute approximate surface area is 191 Å². The van der Waals surface area contributed by atoms with Crippen molar-refractivity contribution in [3.63, 3.8) is 0 Å². The molecule has 1 aromatic carbocycles. The normalized spacial score (nSPS) is 17.1. The molecule has 0 radical (unpaired) electrons. The largest absolute Gasteiger partial charge is 0.472 e. The number of nitrogens with one attached hydrogen (secondary N) is 2. The first kappa shape index (κ1) is 20.0. The van der Waals surface area contributed by atoms with Crippen molar-refractivity contribution in [2.75, 3.05) is 18.4 Å². The van der Waals surface area contributed by atoms with E-state index < -0.39 is 0 Å². The smallest absolute Gasteiger partial charge is 0.227 e. The highest BCUT2D eigenvalue weighted by atomic mass is 16.3. The number of H-pyrrole nitrogens is 1. The van der Waals surface area contributed by atoms with E-state index in [-0.39, 0.29) is 17.7 Å². The number of carbonyl (C=O) groups is 2. The first-order valence-corrected chi connectivity index (χ1v) is 11.6. The molecule has 2 N–H and O–H groups in total. The van der Waals surface area contributed by atoms with Crippen LogP contribution in [0.4, 0.5) is 5.69 Å². The minimum Gasteiger partial charge on any atom is -0.472 e. The van der Waals surface area contributed by atoms with Gasteiger partial charge in [0.05, 0.1) is 24.2 Å². The number of benzene rings is 1. The fraction of sp³-hybridized carbons (Fsp3) is 0.346. The zero-order valence-electron chi connectivity index (χ0n) is 18.6. The van der Waals surface area contributed by atoms with Gasteiger partial charge in [0.1, 0.15) is 0 Å². The number of likely N-dealkylation sites (tertiary alicyclic amines) is 1. The molecule has 2 fully saturated rings. The van der Waals surface area contributed by atoms with Crippen LogP contribution in [0.5, 0.6) is 0 Å². The van der Waals surface area contributed by atoms with Gasteiger partial charge in [-0.1, -0.05) is 0 Å². The lowest BCUT2D eigenvalue weighted by atomic mass is 9.91. The summed E-state index contributed by atoms with van der Waals surface area (Å²) < 4.78 is 5.41. The molecule has 4 heterocycles. The van der Waals surface area contributed by atoms with Crippen LogP contribution in [0.2, 0.25) is 0 Å². The van der Waals surface area contributed by atoms with E-state index in [1.807, 2.05) is 29.3 Å². The van der Waals surface area contributed by atoms with Gasteiger partial charge < -0.3 is 19.6 Å². The SMILES string of the molecule is CC(=O)N1CCC(c2cc3c(cn2)[nH]c2ccc(NC(=O)C4CC4)c(-c4ccoc4)c23)CC1. The molecule has 0 atom stereocenters. The van der Waals surface area contributed by atoms with E-state index in [9.17, 15) is 9.59 Å². The monoisotopic (exact) mass is 442 g/mol. The number of hydrogen-bond donors (Lipinski definition) is 2. The predicted molar refractivity (Wildman–Crippen MR) is 127 cm³/mol. The maximum atomic E-state index is 12.6. The number of pyridine rings is 1. The lowest BCUT2D eigenvalue weighted by molar-refractivity contribution is -0.129. The second-order valence-electron chi connectivity index (χ2n) is 9.25. The topological polar surface area (TPSA) is 91.2 Å². The summed E-state index contributed by atoms with van der Waals surface area (Å²) in [6, 6.07) is 8.09. The van der Waals surface area contributed by atoms with Crippen molar-refractivity contribution in [2.24, 2.45) is 5.92 Å². The number of anilines is 1. The highest BCUT2D eigenvalue weighted by molar-refractivity contribution is 6.18. The Bertz CT molecular complexity index is 1360. The summed E-state index contributed by atoms with van der Waals surface area (Å²) in [6.45, 7) is 3.17. The second kappa shape index (κ2) is 7.76. The lowest BCUT2D eigenvalue weighted by Gasteiger charge is -2.31. The number of fused-ring (bicyclic) bond motifs is 3. The van der Waals surface area contributed by atoms with Crippen molar-refractivity contribution in [1.82, 2.24) is 14.9 Å². The number of hydrogen-bond acceptors (Lipinski definition) is 4. The van der Waals surface area contributed by atoms with Crippen LogP contribution in [0, 0.1) is 5.92 Å². The maximum Gasteiger partial charge on any atom is 0.227 e. The second-order valence-corrected chi connectivity index (χ2v) is 9.25. The zero-order chi connectivity index (χ0) is 22.5. The Morgan fingerprint density at radius 3 is 2.64 bits per heavy atom. The van der Waals surface area contributed by atoms with Crippen molar-refractivity contribution in [3.05, 3.63) is 48.7 Å². The van der Waals surface area contributed by atoms with Gasteiger partial charge >= 0.3 is 0 Å². The standard InChI is InChI=1S/C26H26N4O3/c1-15(31)30-9-6-16(7-10-30)22-12-19-23(13-27-22)28-21-5-4-20(29-26(32)17-2-3-17)24(25(19)21)18-8-11-33-14-18/h4-5,8,11-14,16-17,28H,2-3,6-7,9-10H2,1H3,(H,29,32). The number of aromatic nitrogens is 2. The Morgan fingerprint density at radius 2 is 1.94 bits per heavy atom. The quantitative estimate of drug-likeness (QED) is 0.463. The van der Waals surface area contributed by atoms with Crippen LogP contribution in [0.3, 0.4) is 0 Å². The fourth-order valence-electron chi connectivity index (χ4n) is 5.01. The molecule has 0 unspecified atom stereocenters. The summed E-state index contributed by atoms with van der Waals surface area (Å²) in [5, 5.41) is 5.30. The minimum absolute atomic E-state index is 0.0820. The number of aromatic amines is 1. The summed E-state index contributed by atoms with van der Waals surface area (Å²) in [5.74, 6) is 0.667. The van der Waals surface area contributed by atoms with Gasteiger partial charge in [0, 0.05) is 70.6 Å². The van der Waals surface area contributed by atoms with E-state index in [4.69, 9.17) is 9.40 Å². The summed E-state index contributed by atoms with van der Waals surface area (Å²) in [7, 11) is 0. The molecule has 0 bridgehead atoms. The molecule has 6 rings (SSSR count). The van der Waals surface area contributed by atoms with Crippen molar-refractivity contribution in [3.8, 4) is 11.1 Å². The van der Waals surface area contributed by atoms with Gasteiger partial charge in [0.25, 0.3) is 0 Å². The average molecular weight is 443 g/mol. The van der Waals surface area contributed by atoms with Crippen LogP contribution in [0.25, 0.3) is 32.9 Å². The van der Waals surface area contributed by atoms with E-state index in [2.05, 4.69) is 16.4 Å². The first-order valence-electron chi connectivity index (χ1n) is 11.6. The predicted octanol–water partition coefficient (Wildman–Crippen LogP) is 5.05. The summed E-state index contributed by atoms with van der Waals surface area (Å²) in [6.07, 6.45) is 9.03. The number of piperidine rings is 1. The molecular formula is C26H26N4O3. The van der Waals surface area contributed by atoms with Crippen molar-refractivity contribution in [1.29, 1.82) is 0 Å². The summed E-state index contributed by atoms with van der Waals surface area (Å²) in [4.78, 5) is 34.5. The van der Waals surface area contributed by atoms with Crippen molar-refractivity contribution < 1.29 is 14.0 Å². The van der Waals surface area contributed by atoms with Crippen LogP contribution in [0.15, 0.2) is 47.4 Å². The molecule has 1 aliphatic heterocycles. The van der Waals surface area contributed by atoms with E-state index >= 15 is 0 Å². The third-order valence-corrected chi connectivity index (χ3v) is 7.04. The van der Waals surface area contributed by atoms with Crippen LogP contribution >= 0.6 is 0 Å². The number of rotatable bonds is 4. The maximum absolute atomic E-state index is 12.6. The minimum atomic E-state index is 0.0820. The number of furan rings is 1. The van der Waals surface area contributed by atoms with E-state index in [0.29, 0.717) is 5.92 Å². The van der Waals surface area contributed by atoms with Crippen molar-refractivity contribution in [2.45, 2.75) is 38.5 Å². The Morgan fingerprint density at radius 1 is 1.12 bits per heavy atom. The van der Waals surface area contributed by atoms with E-state index in [0.717, 1.165) is 83.1 Å². The molecule has 3 aromatic heterocycles. The third-order valence-electron chi connectivity index (χ3n) is 7.04. The van der Waals surface area contributed by atoms with E-state index in [1.54, 1.807) is 19.5 Å². The highest BCUT2D eigenvalue weighted by Gasteiger charge is 2.30. The average Bonchev–Trinajstić information content (AvgIpc) is 3.42. The highest BCUT2D eigenvalue weighted by Crippen LogP contribution is 2.41. The molecule has 7 nitrogen and oxygen atoms in total. The van der Waals surface area contributed by atoms with Crippen molar-refractivity contribution >= 4 is 39.3 Å². The molecule has 2 amide bonds. The van der Waals surface area contributed by atoms with Gasteiger partial charge in [-0.15, -0.1) is 0 Å². The zero-order valence-corrected chi connectivity index (χ0v) is 18.6. The molecule has 1 saturated heterocycles. The van der Waals surface area contributed by atoms with Crippen LogP contribution in [-0.2, 0) is 9.59 Å². The molecule has 168 valence electrons. The Hall–Kier alpha value is -3.61. The number of nitrogens with zero attached hydrogens (tertiary/aromatic N) is 2.